The average molecular weight is 386 g/mol. The maximum absolute atomic E-state index is 12.9. The molecular formula is C20H23FN4O3. The first-order chi connectivity index (χ1) is 13.7. The smallest absolute Gasteiger partial charge is 0.260 e. The van der Waals surface area contributed by atoms with Gasteiger partial charge in [0.25, 0.3) is 5.91 Å². The number of benzene rings is 1. The Hall–Kier alpha value is -2.90. The third kappa shape index (κ3) is 4.49. The van der Waals surface area contributed by atoms with Gasteiger partial charge in [0.2, 0.25) is 5.88 Å². The minimum absolute atomic E-state index is 0.0570. The van der Waals surface area contributed by atoms with Crippen LogP contribution in [0.1, 0.15) is 19.3 Å². The summed E-state index contributed by atoms with van der Waals surface area (Å²) in [7, 11) is 0. The summed E-state index contributed by atoms with van der Waals surface area (Å²) in [5.41, 5.74) is 0. The summed E-state index contributed by atoms with van der Waals surface area (Å²) in [6.45, 7) is 2.49. The quantitative estimate of drug-likeness (QED) is 0.759. The Morgan fingerprint density at radius 1 is 1.11 bits per heavy atom. The monoisotopic (exact) mass is 386 g/mol. The number of hydrogen-bond acceptors (Lipinski definition) is 6. The van der Waals surface area contributed by atoms with Crippen molar-refractivity contribution < 1.29 is 18.7 Å². The van der Waals surface area contributed by atoms with Crippen LogP contribution in [0.4, 0.5) is 10.2 Å². The zero-order valence-corrected chi connectivity index (χ0v) is 15.6. The number of anilines is 1. The minimum atomic E-state index is -0.333. The molecule has 1 aliphatic carbocycles. The number of rotatable bonds is 6. The fraction of sp³-hybridized carbons (Fsp3) is 0.450. The number of nitrogens with zero attached hydrogens (tertiary/aromatic N) is 4. The third-order valence-corrected chi connectivity index (χ3v) is 5.10. The maximum Gasteiger partial charge on any atom is 0.260 e. The molecular weight excluding hydrogens is 363 g/mol. The van der Waals surface area contributed by atoms with Crippen LogP contribution in [0.3, 0.4) is 0 Å². The second-order valence-corrected chi connectivity index (χ2v) is 7.00. The van der Waals surface area contributed by atoms with Crippen molar-refractivity contribution in [3.63, 3.8) is 0 Å². The highest BCUT2D eigenvalue weighted by molar-refractivity contribution is 5.78. The fourth-order valence-electron chi connectivity index (χ4n) is 3.18. The predicted molar refractivity (Wildman–Crippen MR) is 101 cm³/mol. The summed E-state index contributed by atoms with van der Waals surface area (Å²) in [5, 5.41) is 0. The van der Waals surface area contributed by atoms with E-state index in [9.17, 15) is 9.18 Å². The normalized spacial score (nSPS) is 17.2. The summed E-state index contributed by atoms with van der Waals surface area (Å²) < 4.78 is 24.2. The molecule has 0 atom stereocenters. The van der Waals surface area contributed by atoms with Crippen molar-refractivity contribution in [2.24, 2.45) is 0 Å². The molecule has 8 heteroatoms. The van der Waals surface area contributed by atoms with Crippen LogP contribution in [0.2, 0.25) is 0 Å². The Morgan fingerprint density at radius 3 is 2.54 bits per heavy atom. The summed E-state index contributed by atoms with van der Waals surface area (Å²) in [6, 6.07) is 7.51. The van der Waals surface area contributed by atoms with Gasteiger partial charge in [0, 0.05) is 32.2 Å². The summed E-state index contributed by atoms with van der Waals surface area (Å²) >= 11 is 0. The number of hydrogen-bond donors (Lipinski definition) is 0. The standard InChI is InChI=1S/C20H23FN4O3/c21-15-4-6-16(7-5-15)27-13-20(26)25-10-8-24(9-11-25)18-12-19(23-14-22-18)28-17-2-1-3-17/h4-7,12,14,17H,1-3,8-11,13H2. The molecule has 0 unspecified atom stereocenters. The van der Waals surface area contributed by atoms with Gasteiger partial charge in [-0.2, -0.15) is 0 Å². The van der Waals surface area contributed by atoms with E-state index >= 15 is 0 Å². The molecule has 1 aromatic heterocycles. The first kappa shape index (κ1) is 18.5. The van der Waals surface area contributed by atoms with Gasteiger partial charge in [0.15, 0.2) is 6.61 Å². The Kier molecular flexibility index (Phi) is 5.55. The second kappa shape index (κ2) is 8.41. The lowest BCUT2D eigenvalue weighted by Crippen LogP contribution is -2.50. The molecule has 1 aliphatic heterocycles. The van der Waals surface area contributed by atoms with Crippen LogP contribution in [0, 0.1) is 5.82 Å². The third-order valence-electron chi connectivity index (χ3n) is 5.10. The first-order valence-corrected chi connectivity index (χ1v) is 9.57. The van der Waals surface area contributed by atoms with Crippen molar-refractivity contribution in [2.75, 3.05) is 37.7 Å². The van der Waals surface area contributed by atoms with Gasteiger partial charge in [-0.3, -0.25) is 4.79 Å². The van der Waals surface area contributed by atoms with Crippen LogP contribution in [0.25, 0.3) is 0 Å². The topological polar surface area (TPSA) is 67.8 Å². The van der Waals surface area contributed by atoms with Crippen molar-refractivity contribution in [1.82, 2.24) is 14.9 Å². The minimum Gasteiger partial charge on any atom is -0.484 e. The molecule has 2 aliphatic rings. The van der Waals surface area contributed by atoms with Crippen LogP contribution in [-0.2, 0) is 4.79 Å². The van der Waals surface area contributed by atoms with Gasteiger partial charge in [-0.05, 0) is 43.5 Å². The van der Waals surface area contributed by atoms with Crippen LogP contribution in [0.15, 0.2) is 36.7 Å². The van der Waals surface area contributed by atoms with E-state index in [-0.39, 0.29) is 24.4 Å². The van der Waals surface area contributed by atoms with Gasteiger partial charge in [0.1, 0.15) is 29.8 Å². The van der Waals surface area contributed by atoms with Crippen molar-refractivity contribution >= 4 is 11.7 Å². The lowest BCUT2D eigenvalue weighted by atomic mass is 9.96. The van der Waals surface area contributed by atoms with Gasteiger partial charge in [-0.15, -0.1) is 0 Å². The van der Waals surface area contributed by atoms with Crippen molar-refractivity contribution in [3.8, 4) is 11.6 Å². The highest BCUT2D eigenvalue weighted by atomic mass is 19.1. The molecule has 7 nitrogen and oxygen atoms in total. The molecule has 4 rings (SSSR count). The van der Waals surface area contributed by atoms with Crippen LogP contribution in [0.5, 0.6) is 11.6 Å². The number of ether oxygens (including phenoxy) is 2. The van der Waals surface area contributed by atoms with Gasteiger partial charge >= 0.3 is 0 Å². The largest absolute Gasteiger partial charge is 0.484 e. The predicted octanol–water partition coefficient (Wildman–Crippen LogP) is 2.27. The summed E-state index contributed by atoms with van der Waals surface area (Å²) in [6.07, 6.45) is 5.18. The highest BCUT2D eigenvalue weighted by Gasteiger charge is 2.24. The van der Waals surface area contributed by atoms with Gasteiger partial charge in [-0.25, -0.2) is 14.4 Å². The Labute approximate surface area is 163 Å². The van der Waals surface area contributed by atoms with E-state index in [0.717, 1.165) is 18.7 Å². The number of halogens is 1. The van der Waals surface area contributed by atoms with Crippen LogP contribution >= 0.6 is 0 Å². The lowest BCUT2D eigenvalue weighted by Gasteiger charge is -2.35. The summed E-state index contributed by atoms with van der Waals surface area (Å²) in [4.78, 5) is 24.8. The zero-order valence-electron chi connectivity index (χ0n) is 15.6. The molecule has 0 spiro atoms. The molecule has 2 aromatic rings. The van der Waals surface area contributed by atoms with Crippen molar-refractivity contribution in [3.05, 3.63) is 42.5 Å². The Balaban J connectivity index is 1.26. The molecule has 2 heterocycles. The number of aromatic nitrogens is 2. The van der Waals surface area contributed by atoms with E-state index in [2.05, 4.69) is 14.9 Å². The molecule has 28 heavy (non-hydrogen) atoms. The molecule has 148 valence electrons. The van der Waals surface area contributed by atoms with E-state index in [1.807, 2.05) is 6.07 Å². The average Bonchev–Trinajstić information content (AvgIpc) is 2.70. The van der Waals surface area contributed by atoms with Gasteiger partial charge < -0.3 is 19.3 Å². The van der Waals surface area contributed by atoms with Crippen molar-refractivity contribution in [2.45, 2.75) is 25.4 Å². The Morgan fingerprint density at radius 2 is 1.86 bits per heavy atom. The number of piperazine rings is 1. The van der Waals surface area contributed by atoms with E-state index in [4.69, 9.17) is 9.47 Å². The van der Waals surface area contributed by atoms with Gasteiger partial charge in [-0.1, -0.05) is 0 Å². The van der Waals surface area contributed by atoms with E-state index in [1.54, 1.807) is 4.90 Å². The van der Waals surface area contributed by atoms with Crippen molar-refractivity contribution in [1.29, 1.82) is 0 Å². The first-order valence-electron chi connectivity index (χ1n) is 9.57. The van der Waals surface area contributed by atoms with E-state index < -0.39 is 0 Å². The molecule has 2 fully saturated rings. The molecule has 1 saturated heterocycles. The van der Waals surface area contributed by atoms with Gasteiger partial charge in [0.05, 0.1) is 0 Å². The second-order valence-electron chi connectivity index (χ2n) is 7.00. The molecule has 0 N–H and O–H groups in total. The number of amides is 1. The SMILES string of the molecule is O=C(COc1ccc(F)cc1)N1CCN(c2cc(OC3CCC3)ncn2)CC1. The molecule has 1 amide bonds. The molecule has 1 aromatic carbocycles. The molecule has 0 radical (unpaired) electrons. The number of carbonyl (C=O) groups is 1. The lowest BCUT2D eigenvalue weighted by molar-refractivity contribution is -0.133. The zero-order chi connectivity index (χ0) is 19.3. The molecule has 1 saturated carbocycles. The fourth-order valence-corrected chi connectivity index (χ4v) is 3.18. The van der Waals surface area contributed by atoms with E-state index in [0.29, 0.717) is 37.8 Å². The Bertz CT molecular complexity index is 805. The maximum atomic E-state index is 12.9. The van der Waals surface area contributed by atoms with Crippen LogP contribution in [-0.4, -0.2) is 59.7 Å². The highest BCUT2D eigenvalue weighted by Crippen LogP contribution is 2.25. The summed E-state index contributed by atoms with van der Waals surface area (Å²) in [5.74, 6) is 1.50. The molecule has 0 bridgehead atoms. The number of carbonyl (C=O) groups excluding carboxylic acids is 1. The van der Waals surface area contributed by atoms with Crippen LogP contribution < -0.4 is 14.4 Å². The van der Waals surface area contributed by atoms with E-state index in [1.165, 1.54) is 37.0 Å².